The zero-order valence-corrected chi connectivity index (χ0v) is 13.2. The Morgan fingerprint density at radius 3 is 1.91 bits per heavy atom. The lowest BCUT2D eigenvalue weighted by Crippen LogP contribution is -2.21. The Hall–Kier alpha value is -1.42. The van der Waals surface area contributed by atoms with Crippen LogP contribution in [0.2, 0.25) is 0 Å². The molecular weight excluding hydrogens is 276 g/mol. The molecule has 2 aromatic rings. The Labute approximate surface area is 130 Å². The lowest BCUT2D eigenvalue weighted by molar-refractivity contribution is 0.293. The third-order valence-corrected chi connectivity index (χ3v) is 5.41. The highest BCUT2D eigenvalue weighted by Gasteiger charge is 2.55. The van der Waals surface area contributed by atoms with Gasteiger partial charge < -0.3 is 14.2 Å². The molecule has 0 spiro atoms. The van der Waals surface area contributed by atoms with Crippen molar-refractivity contribution in [3.05, 3.63) is 47.0 Å². The Bertz CT molecular complexity index is 796. The highest BCUT2D eigenvalue weighted by atomic mass is 16.6. The van der Waals surface area contributed by atoms with Crippen LogP contribution in [-0.4, -0.2) is 19.8 Å². The highest BCUT2D eigenvalue weighted by molar-refractivity contribution is 5.90. The summed E-state index contributed by atoms with van der Waals surface area (Å²) in [6.45, 7) is 8.88. The average Bonchev–Trinajstić information content (AvgIpc) is 3.40. The Balaban J connectivity index is 1.92. The van der Waals surface area contributed by atoms with E-state index in [1.807, 2.05) is 0 Å². The second kappa shape index (κ2) is 3.73. The Morgan fingerprint density at radius 1 is 0.773 bits per heavy atom. The van der Waals surface area contributed by atoms with Crippen molar-refractivity contribution in [2.45, 2.75) is 37.6 Å². The summed E-state index contributed by atoms with van der Waals surface area (Å²) < 4.78 is 17.5. The minimum absolute atomic E-state index is 0.172. The zero-order chi connectivity index (χ0) is 15.2. The summed E-state index contributed by atoms with van der Waals surface area (Å²) >= 11 is 0. The molecule has 0 saturated carbocycles. The van der Waals surface area contributed by atoms with Gasteiger partial charge in [-0.15, -0.1) is 0 Å². The van der Waals surface area contributed by atoms with Gasteiger partial charge in [0, 0.05) is 5.56 Å². The topological polar surface area (TPSA) is 37.6 Å². The molecule has 0 radical (unpaired) electrons. The summed E-state index contributed by atoms with van der Waals surface area (Å²) in [5, 5.41) is 2.54. The predicted octanol–water partition coefficient (Wildman–Crippen LogP) is 3.58. The molecule has 3 nitrogen and oxygen atoms in total. The molecule has 3 aliphatic heterocycles. The molecule has 3 aliphatic rings. The van der Waals surface area contributed by atoms with E-state index in [1.54, 1.807) is 0 Å². The summed E-state index contributed by atoms with van der Waals surface area (Å²) in [4.78, 5) is 0. The van der Waals surface area contributed by atoms with E-state index in [1.165, 1.54) is 27.5 Å². The normalized spacial score (nSPS) is 39.0. The maximum Gasteiger partial charge on any atom is 0.115 e. The van der Waals surface area contributed by atoms with Gasteiger partial charge in [-0.3, -0.25) is 0 Å². The van der Waals surface area contributed by atoms with Gasteiger partial charge in [-0.1, -0.05) is 24.3 Å². The largest absolute Gasteiger partial charge is 0.365 e. The summed E-state index contributed by atoms with van der Waals surface area (Å²) in [5.74, 6) is 0. The molecule has 2 aromatic carbocycles. The number of epoxide rings is 3. The van der Waals surface area contributed by atoms with Crippen LogP contribution in [0.4, 0.5) is 0 Å². The second-order valence-corrected chi connectivity index (χ2v) is 7.45. The van der Waals surface area contributed by atoms with Crippen LogP contribution in [0.3, 0.4) is 0 Å². The molecule has 3 heteroatoms. The van der Waals surface area contributed by atoms with Gasteiger partial charge in [0.25, 0.3) is 0 Å². The lowest BCUT2D eigenvalue weighted by Gasteiger charge is -2.24. The van der Waals surface area contributed by atoms with Crippen molar-refractivity contribution in [1.29, 1.82) is 0 Å². The van der Waals surface area contributed by atoms with E-state index < -0.39 is 0 Å². The van der Waals surface area contributed by atoms with Gasteiger partial charge in [-0.2, -0.15) is 0 Å². The molecule has 0 bridgehead atoms. The van der Waals surface area contributed by atoms with Gasteiger partial charge in [0.2, 0.25) is 0 Å². The van der Waals surface area contributed by atoms with Crippen LogP contribution < -0.4 is 0 Å². The molecule has 3 unspecified atom stereocenters. The van der Waals surface area contributed by atoms with Gasteiger partial charge in [-0.05, 0) is 48.7 Å². The summed E-state index contributed by atoms with van der Waals surface area (Å²) in [5.41, 5.74) is 3.32. The van der Waals surface area contributed by atoms with Gasteiger partial charge in [0.15, 0.2) is 0 Å². The van der Waals surface area contributed by atoms with Crippen molar-refractivity contribution in [3.8, 4) is 0 Å². The van der Waals surface area contributed by atoms with E-state index in [2.05, 4.69) is 51.1 Å². The molecule has 3 heterocycles. The summed E-state index contributed by atoms with van der Waals surface area (Å²) in [6, 6.07) is 10.9. The fourth-order valence-corrected chi connectivity index (χ4v) is 3.63. The van der Waals surface area contributed by atoms with Crippen LogP contribution in [0.25, 0.3) is 10.8 Å². The van der Waals surface area contributed by atoms with Crippen molar-refractivity contribution in [2.75, 3.05) is 19.8 Å². The molecule has 3 saturated heterocycles. The number of ether oxygens (including phenoxy) is 3. The first-order chi connectivity index (χ1) is 10.5. The van der Waals surface area contributed by atoms with Gasteiger partial charge in [-0.25, -0.2) is 0 Å². The van der Waals surface area contributed by atoms with Gasteiger partial charge in [0.1, 0.15) is 16.8 Å². The third-order valence-electron chi connectivity index (χ3n) is 5.41. The average molecular weight is 296 g/mol. The van der Waals surface area contributed by atoms with Crippen molar-refractivity contribution < 1.29 is 14.2 Å². The van der Waals surface area contributed by atoms with E-state index >= 15 is 0 Å². The molecular formula is C19H20O3. The minimum Gasteiger partial charge on any atom is -0.365 e. The Kier molecular flexibility index (Phi) is 2.21. The first-order valence-corrected chi connectivity index (χ1v) is 7.94. The van der Waals surface area contributed by atoms with E-state index in [4.69, 9.17) is 14.2 Å². The molecule has 3 atom stereocenters. The molecule has 0 aliphatic carbocycles. The van der Waals surface area contributed by atoms with Crippen LogP contribution in [-0.2, 0) is 31.0 Å². The maximum atomic E-state index is 5.85. The lowest BCUT2D eigenvalue weighted by atomic mass is 9.79. The molecule has 0 amide bonds. The third kappa shape index (κ3) is 1.67. The number of benzene rings is 2. The SMILES string of the molecule is CC1(c2cc3ccccc3c(C3(C)CO3)c2C2(C)CO2)CO1. The number of hydrogen-bond donors (Lipinski definition) is 0. The number of hydrogen-bond acceptors (Lipinski definition) is 3. The zero-order valence-electron chi connectivity index (χ0n) is 13.2. The smallest absolute Gasteiger partial charge is 0.115 e. The van der Waals surface area contributed by atoms with Crippen molar-refractivity contribution in [3.63, 3.8) is 0 Å². The number of fused-ring (bicyclic) bond motifs is 1. The van der Waals surface area contributed by atoms with Crippen molar-refractivity contribution >= 4 is 10.8 Å². The second-order valence-electron chi connectivity index (χ2n) is 7.45. The molecule has 5 rings (SSSR count). The first kappa shape index (κ1) is 13.1. The van der Waals surface area contributed by atoms with Crippen LogP contribution in [0.1, 0.15) is 37.5 Å². The standard InChI is InChI=1S/C19H20O3/c1-17(9-20-17)14-8-12-6-4-5-7-13(12)15(18(2)10-21-18)16(14)19(3)11-22-19/h4-8H,9-11H2,1-3H3. The van der Waals surface area contributed by atoms with E-state index in [-0.39, 0.29) is 16.8 Å². The minimum atomic E-state index is -0.196. The highest BCUT2D eigenvalue weighted by Crippen LogP contribution is 2.55. The van der Waals surface area contributed by atoms with Gasteiger partial charge >= 0.3 is 0 Å². The molecule has 3 fully saturated rings. The summed E-state index contributed by atoms with van der Waals surface area (Å²) in [7, 11) is 0. The van der Waals surface area contributed by atoms with Crippen LogP contribution in [0.15, 0.2) is 30.3 Å². The Morgan fingerprint density at radius 2 is 1.32 bits per heavy atom. The monoisotopic (exact) mass is 296 g/mol. The predicted molar refractivity (Wildman–Crippen MR) is 83.9 cm³/mol. The number of rotatable bonds is 3. The van der Waals surface area contributed by atoms with Crippen molar-refractivity contribution in [1.82, 2.24) is 0 Å². The van der Waals surface area contributed by atoms with Crippen molar-refractivity contribution in [2.24, 2.45) is 0 Å². The van der Waals surface area contributed by atoms with Crippen LogP contribution >= 0.6 is 0 Å². The molecule has 0 N–H and O–H groups in total. The first-order valence-electron chi connectivity index (χ1n) is 7.94. The fourth-order valence-electron chi connectivity index (χ4n) is 3.63. The summed E-state index contributed by atoms with van der Waals surface area (Å²) in [6.07, 6.45) is 0. The van der Waals surface area contributed by atoms with Gasteiger partial charge in [0.05, 0.1) is 19.8 Å². The van der Waals surface area contributed by atoms with E-state index in [0.29, 0.717) is 0 Å². The molecule has 114 valence electrons. The van der Waals surface area contributed by atoms with E-state index in [9.17, 15) is 0 Å². The fraction of sp³-hybridized carbons (Fsp3) is 0.474. The quantitative estimate of drug-likeness (QED) is 0.813. The van der Waals surface area contributed by atoms with Crippen LogP contribution in [0.5, 0.6) is 0 Å². The maximum absolute atomic E-state index is 5.85. The van der Waals surface area contributed by atoms with Crippen LogP contribution in [0, 0.1) is 0 Å². The van der Waals surface area contributed by atoms with E-state index in [0.717, 1.165) is 19.8 Å². The molecule has 22 heavy (non-hydrogen) atoms. The molecule has 0 aromatic heterocycles.